The molecule has 0 fully saturated rings. The number of amides is 1. The maximum atomic E-state index is 11.5. The summed E-state index contributed by atoms with van der Waals surface area (Å²) < 4.78 is 5.09. The van der Waals surface area contributed by atoms with Crippen molar-refractivity contribution in [3.8, 4) is 5.75 Å². The van der Waals surface area contributed by atoms with E-state index in [1.54, 1.807) is 12.1 Å². The fourth-order valence-electron chi connectivity index (χ4n) is 1.49. The van der Waals surface area contributed by atoms with Gasteiger partial charge in [0.05, 0.1) is 12.2 Å². The number of benzene rings is 1. The van der Waals surface area contributed by atoms with Crippen LogP contribution in [0.5, 0.6) is 5.75 Å². The van der Waals surface area contributed by atoms with Gasteiger partial charge < -0.3 is 10.1 Å². The molecule has 0 spiro atoms. The first-order valence-electron chi connectivity index (χ1n) is 5.67. The molecule has 1 aromatic carbocycles. The number of carbonyl (C=O) groups is 1. The smallest absolute Gasteiger partial charge is 0.410 e. The summed E-state index contributed by atoms with van der Waals surface area (Å²) in [6.45, 7) is 2.26. The van der Waals surface area contributed by atoms with Crippen molar-refractivity contribution in [2.24, 2.45) is 0 Å². The van der Waals surface area contributed by atoms with Gasteiger partial charge in [-0.05, 0) is 31.2 Å². The van der Waals surface area contributed by atoms with Crippen LogP contribution in [0.4, 0.5) is 4.79 Å². The standard InChI is InChI=1S/C14H14N2O2/c1-11-6-5-7-12(16-11)10-15-14(17)18-13-8-3-2-4-9-13/h2-9H,10H2,1H3,(H,15,17). The Morgan fingerprint density at radius 2 is 1.94 bits per heavy atom. The fourth-order valence-corrected chi connectivity index (χ4v) is 1.49. The van der Waals surface area contributed by atoms with Crippen LogP contribution in [0, 0.1) is 6.92 Å². The lowest BCUT2D eigenvalue weighted by Gasteiger charge is -2.06. The summed E-state index contributed by atoms with van der Waals surface area (Å²) in [6, 6.07) is 14.6. The Bertz CT molecular complexity index is 526. The lowest BCUT2D eigenvalue weighted by molar-refractivity contribution is 0.200. The molecule has 18 heavy (non-hydrogen) atoms. The van der Waals surface area contributed by atoms with Crippen LogP contribution >= 0.6 is 0 Å². The van der Waals surface area contributed by atoms with Crippen molar-refractivity contribution < 1.29 is 9.53 Å². The molecule has 2 aromatic rings. The monoisotopic (exact) mass is 242 g/mol. The number of carbonyl (C=O) groups excluding carboxylic acids is 1. The molecule has 2 rings (SSSR count). The molecule has 0 bridgehead atoms. The topological polar surface area (TPSA) is 51.2 Å². The van der Waals surface area contributed by atoms with E-state index in [4.69, 9.17) is 4.74 Å². The normalized spacial score (nSPS) is 9.83. The first kappa shape index (κ1) is 12.1. The second-order valence-corrected chi connectivity index (χ2v) is 3.83. The fraction of sp³-hybridized carbons (Fsp3) is 0.143. The predicted molar refractivity (Wildman–Crippen MR) is 68.3 cm³/mol. The first-order chi connectivity index (χ1) is 8.74. The van der Waals surface area contributed by atoms with E-state index in [2.05, 4.69) is 10.3 Å². The number of para-hydroxylation sites is 1. The summed E-state index contributed by atoms with van der Waals surface area (Å²) >= 11 is 0. The number of hydrogen-bond acceptors (Lipinski definition) is 3. The third-order valence-corrected chi connectivity index (χ3v) is 2.31. The number of aryl methyl sites for hydroxylation is 1. The van der Waals surface area contributed by atoms with Crippen LogP contribution in [0.25, 0.3) is 0 Å². The molecule has 1 N–H and O–H groups in total. The molecular weight excluding hydrogens is 228 g/mol. The van der Waals surface area contributed by atoms with Crippen molar-refractivity contribution in [1.29, 1.82) is 0 Å². The van der Waals surface area contributed by atoms with E-state index in [-0.39, 0.29) is 0 Å². The summed E-state index contributed by atoms with van der Waals surface area (Å²) in [7, 11) is 0. The van der Waals surface area contributed by atoms with Gasteiger partial charge >= 0.3 is 6.09 Å². The van der Waals surface area contributed by atoms with E-state index in [1.165, 1.54) is 0 Å². The van der Waals surface area contributed by atoms with E-state index in [1.807, 2.05) is 43.3 Å². The number of ether oxygens (including phenoxy) is 1. The predicted octanol–water partition coefficient (Wildman–Crippen LogP) is 2.68. The minimum atomic E-state index is -0.482. The summed E-state index contributed by atoms with van der Waals surface area (Å²) in [5.41, 5.74) is 1.73. The second kappa shape index (κ2) is 5.82. The molecule has 4 heteroatoms. The van der Waals surface area contributed by atoms with Crippen molar-refractivity contribution >= 4 is 6.09 Å². The van der Waals surface area contributed by atoms with Crippen LogP contribution in [0.3, 0.4) is 0 Å². The average molecular weight is 242 g/mol. The molecule has 1 heterocycles. The molecule has 0 saturated carbocycles. The number of rotatable bonds is 3. The van der Waals surface area contributed by atoms with Crippen molar-refractivity contribution in [3.05, 3.63) is 59.9 Å². The number of nitrogens with zero attached hydrogens (tertiary/aromatic N) is 1. The van der Waals surface area contributed by atoms with Gasteiger partial charge in [-0.1, -0.05) is 24.3 Å². The quantitative estimate of drug-likeness (QED) is 0.900. The van der Waals surface area contributed by atoms with Crippen LogP contribution in [0.2, 0.25) is 0 Å². The van der Waals surface area contributed by atoms with Gasteiger partial charge in [0.1, 0.15) is 5.75 Å². The summed E-state index contributed by atoms with van der Waals surface area (Å²) in [5, 5.41) is 2.65. The summed E-state index contributed by atoms with van der Waals surface area (Å²) in [5.74, 6) is 0.521. The SMILES string of the molecule is Cc1cccc(CNC(=O)Oc2ccccc2)n1. The molecule has 0 radical (unpaired) electrons. The Labute approximate surface area is 106 Å². The van der Waals surface area contributed by atoms with Crippen molar-refractivity contribution in [2.45, 2.75) is 13.5 Å². The van der Waals surface area contributed by atoms with Gasteiger partial charge in [0, 0.05) is 5.69 Å². The van der Waals surface area contributed by atoms with Gasteiger partial charge in [-0.3, -0.25) is 4.98 Å². The molecule has 1 amide bonds. The third-order valence-electron chi connectivity index (χ3n) is 2.31. The zero-order chi connectivity index (χ0) is 12.8. The molecule has 0 aliphatic heterocycles. The largest absolute Gasteiger partial charge is 0.412 e. The van der Waals surface area contributed by atoms with Crippen LogP contribution in [0.15, 0.2) is 48.5 Å². The van der Waals surface area contributed by atoms with Crippen molar-refractivity contribution in [2.75, 3.05) is 0 Å². The maximum absolute atomic E-state index is 11.5. The maximum Gasteiger partial charge on any atom is 0.412 e. The Morgan fingerprint density at radius 1 is 1.17 bits per heavy atom. The molecule has 4 nitrogen and oxygen atoms in total. The number of pyridine rings is 1. The second-order valence-electron chi connectivity index (χ2n) is 3.83. The molecule has 92 valence electrons. The molecule has 0 aliphatic rings. The molecule has 0 unspecified atom stereocenters. The van der Waals surface area contributed by atoms with E-state index in [9.17, 15) is 4.79 Å². The van der Waals surface area contributed by atoms with Crippen molar-refractivity contribution in [3.63, 3.8) is 0 Å². The Hall–Kier alpha value is -2.36. The number of hydrogen-bond donors (Lipinski definition) is 1. The van der Waals surface area contributed by atoms with Gasteiger partial charge in [0.15, 0.2) is 0 Å². The highest BCUT2D eigenvalue weighted by molar-refractivity contribution is 5.70. The first-order valence-corrected chi connectivity index (χ1v) is 5.67. The molecule has 0 saturated heterocycles. The zero-order valence-corrected chi connectivity index (χ0v) is 10.1. The highest BCUT2D eigenvalue weighted by atomic mass is 16.5. The van der Waals surface area contributed by atoms with Gasteiger partial charge in [-0.15, -0.1) is 0 Å². The lowest BCUT2D eigenvalue weighted by atomic mass is 10.3. The minimum Gasteiger partial charge on any atom is -0.410 e. The van der Waals surface area contributed by atoms with Crippen molar-refractivity contribution in [1.82, 2.24) is 10.3 Å². The van der Waals surface area contributed by atoms with E-state index < -0.39 is 6.09 Å². The molecule has 0 atom stereocenters. The Morgan fingerprint density at radius 3 is 2.67 bits per heavy atom. The van der Waals surface area contributed by atoms with Crippen LogP contribution < -0.4 is 10.1 Å². The van der Waals surface area contributed by atoms with Gasteiger partial charge in [-0.25, -0.2) is 4.79 Å². The lowest BCUT2D eigenvalue weighted by Crippen LogP contribution is -2.26. The Balaban J connectivity index is 1.85. The summed E-state index contributed by atoms with van der Waals surface area (Å²) in [6.07, 6.45) is -0.482. The van der Waals surface area contributed by atoms with Gasteiger partial charge in [-0.2, -0.15) is 0 Å². The van der Waals surface area contributed by atoms with Gasteiger partial charge in [0.2, 0.25) is 0 Å². The van der Waals surface area contributed by atoms with E-state index in [0.717, 1.165) is 11.4 Å². The van der Waals surface area contributed by atoms with E-state index >= 15 is 0 Å². The molecule has 0 aliphatic carbocycles. The highest BCUT2D eigenvalue weighted by Gasteiger charge is 2.03. The molecule has 1 aromatic heterocycles. The van der Waals surface area contributed by atoms with Crippen LogP contribution in [-0.4, -0.2) is 11.1 Å². The third kappa shape index (κ3) is 3.59. The minimum absolute atomic E-state index is 0.355. The number of aromatic nitrogens is 1. The Kier molecular flexibility index (Phi) is 3.91. The van der Waals surface area contributed by atoms with Gasteiger partial charge in [0.25, 0.3) is 0 Å². The zero-order valence-electron chi connectivity index (χ0n) is 10.1. The highest BCUT2D eigenvalue weighted by Crippen LogP contribution is 2.08. The number of nitrogens with one attached hydrogen (secondary N) is 1. The summed E-state index contributed by atoms with van der Waals surface area (Å²) in [4.78, 5) is 15.8. The average Bonchev–Trinajstić information content (AvgIpc) is 2.38. The van der Waals surface area contributed by atoms with Crippen LogP contribution in [-0.2, 0) is 6.54 Å². The van der Waals surface area contributed by atoms with Crippen LogP contribution in [0.1, 0.15) is 11.4 Å². The molecular formula is C14H14N2O2. The van der Waals surface area contributed by atoms with E-state index in [0.29, 0.717) is 12.3 Å².